The molecule has 2 nitrogen and oxygen atoms in total. The molecule has 0 unspecified atom stereocenters. The molecule has 0 saturated heterocycles. The van der Waals surface area contributed by atoms with Crippen LogP contribution in [0.25, 0.3) is 81.7 Å². The molecule has 0 radical (unpaired) electrons. The summed E-state index contributed by atoms with van der Waals surface area (Å²) < 4.78 is 2.44. The highest BCUT2D eigenvalue weighted by Gasteiger charge is 2.19. The molecule has 1 heterocycles. The Balaban J connectivity index is 1.06. The van der Waals surface area contributed by atoms with Gasteiger partial charge in [-0.15, -0.1) is 0 Å². The predicted molar refractivity (Wildman–Crippen MR) is 231 cm³/mol. The molecule has 0 aliphatic heterocycles. The third kappa shape index (κ3) is 4.88. The standard InChI is InChI=1S/C52H34N2/c1-3-13-40-33-42(18-17-35(40)9-1)37-19-24-43(25-20-37)53(46-26-21-36-10-2-4-14-41(36)34-46)44-27-29-45(30-28-44)54-49-31-22-38-11-5-7-15-47(38)51(49)52-48-16-8-6-12-39(48)23-32-50(52)54/h1-34H. The van der Waals surface area contributed by atoms with E-state index in [1.165, 1.54) is 76.0 Å². The van der Waals surface area contributed by atoms with Gasteiger partial charge in [0.2, 0.25) is 0 Å². The van der Waals surface area contributed by atoms with Gasteiger partial charge in [0.15, 0.2) is 0 Å². The summed E-state index contributed by atoms with van der Waals surface area (Å²) in [6, 6.07) is 75.3. The van der Waals surface area contributed by atoms with Crippen molar-refractivity contribution in [2.24, 2.45) is 0 Å². The van der Waals surface area contributed by atoms with Crippen LogP contribution in [-0.2, 0) is 0 Å². The quantitative estimate of drug-likeness (QED) is 0.175. The molecule has 54 heavy (non-hydrogen) atoms. The molecule has 0 N–H and O–H groups in total. The van der Waals surface area contributed by atoms with Crippen LogP contribution in [0.2, 0.25) is 0 Å². The highest BCUT2D eigenvalue weighted by molar-refractivity contribution is 6.28. The van der Waals surface area contributed by atoms with Crippen LogP contribution in [0.5, 0.6) is 0 Å². The normalized spacial score (nSPS) is 11.7. The van der Waals surface area contributed by atoms with Crippen molar-refractivity contribution < 1.29 is 0 Å². The average molecular weight is 687 g/mol. The van der Waals surface area contributed by atoms with E-state index in [0.717, 1.165) is 22.7 Å². The van der Waals surface area contributed by atoms with Crippen molar-refractivity contribution in [3.05, 3.63) is 206 Å². The molecular formula is C52H34N2. The molecule has 0 amide bonds. The summed E-state index contributed by atoms with van der Waals surface area (Å²) in [7, 11) is 0. The fourth-order valence-electron chi connectivity index (χ4n) is 8.51. The zero-order valence-electron chi connectivity index (χ0n) is 29.5. The third-order valence-corrected chi connectivity index (χ3v) is 11.1. The molecule has 252 valence electrons. The summed E-state index contributed by atoms with van der Waals surface area (Å²) in [5.74, 6) is 0. The number of rotatable bonds is 5. The highest BCUT2D eigenvalue weighted by Crippen LogP contribution is 2.42. The molecule has 0 saturated carbocycles. The van der Waals surface area contributed by atoms with E-state index in [1.807, 2.05) is 0 Å². The van der Waals surface area contributed by atoms with E-state index in [-0.39, 0.29) is 0 Å². The van der Waals surface area contributed by atoms with Crippen molar-refractivity contribution in [1.29, 1.82) is 0 Å². The molecule has 10 aromatic carbocycles. The SMILES string of the molecule is c1ccc2cc(-c3ccc(N(c4ccc(-n5c6ccc7ccccc7c6c6c7ccccc7ccc65)cc4)c4ccc5ccccc5c4)cc3)ccc2c1. The van der Waals surface area contributed by atoms with E-state index < -0.39 is 0 Å². The second-order valence-corrected chi connectivity index (χ2v) is 14.2. The van der Waals surface area contributed by atoms with Crippen molar-refractivity contribution in [1.82, 2.24) is 4.57 Å². The number of hydrogen-bond acceptors (Lipinski definition) is 1. The van der Waals surface area contributed by atoms with E-state index >= 15 is 0 Å². The Kier molecular flexibility index (Phi) is 6.90. The average Bonchev–Trinajstić information content (AvgIpc) is 3.59. The number of anilines is 3. The molecule has 0 aliphatic carbocycles. The molecule has 11 aromatic rings. The van der Waals surface area contributed by atoms with Crippen molar-refractivity contribution in [3.63, 3.8) is 0 Å². The van der Waals surface area contributed by atoms with Crippen LogP contribution in [0.15, 0.2) is 206 Å². The van der Waals surface area contributed by atoms with Gasteiger partial charge in [-0.3, -0.25) is 0 Å². The molecule has 0 aliphatic rings. The lowest BCUT2D eigenvalue weighted by molar-refractivity contribution is 1.18. The lowest BCUT2D eigenvalue weighted by Gasteiger charge is -2.26. The van der Waals surface area contributed by atoms with Crippen LogP contribution in [0.3, 0.4) is 0 Å². The summed E-state index contributed by atoms with van der Waals surface area (Å²) in [5, 5.41) is 12.6. The maximum atomic E-state index is 2.44. The van der Waals surface area contributed by atoms with Crippen LogP contribution in [-0.4, -0.2) is 4.57 Å². The van der Waals surface area contributed by atoms with Gasteiger partial charge in [0.25, 0.3) is 0 Å². The molecule has 0 atom stereocenters. The largest absolute Gasteiger partial charge is 0.310 e. The fraction of sp³-hybridized carbons (Fsp3) is 0. The van der Waals surface area contributed by atoms with Crippen LogP contribution in [0, 0.1) is 0 Å². The first kappa shape index (κ1) is 30.5. The first-order valence-corrected chi connectivity index (χ1v) is 18.6. The van der Waals surface area contributed by atoms with E-state index in [2.05, 4.69) is 216 Å². The Hall–Kier alpha value is -7.16. The molecule has 0 spiro atoms. The summed E-state index contributed by atoms with van der Waals surface area (Å²) in [4.78, 5) is 2.37. The van der Waals surface area contributed by atoms with Gasteiger partial charge in [0.1, 0.15) is 0 Å². The lowest BCUT2D eigenvalue weighted by atomic mass is 10.00. The zero-order valence-corrected chi connectivity index (χ0v) is 29.5. The molecule has 1 aromatic heterocycles. The maximum Gasteiger partial charge on any atom is 0.0547 e. The molecule has 0 bridgehead atoms. The number of aromatic nitrogens is 1. The first-order valence-electron chi connectivity index (χ1n) is 18.6. The van der Waals surface area contributed by atoms with Gasteiger partial charge in [0.05, 0.1) is 11.0 Å². The Morgan fingerprint density at radius 3 is 1.31 bits per heavy atom. The summed E-state index contributed by atoms with van der Waals surface area (Å²) in [6.45, 7) is 0. The molecule has 11 rings (SSSR count). The lowest BCUT2D eigenvalue weighted by Crippen LogP contribution is -2.10. The summed E-state index contributed by atoms with van der Waals surface area (Å²) >= 11 is 0. The van der Waals surface area contributed by atoms with E-state index in [9.17, 15) is 0 Å². The second-order valence-electron chi connectivity index (χ2n) is 14.2. The Morgan fingerprint density at radius 1 is 0.296 bits per heavy atom. The Bertz CT molecular complexity index is 3110. The molecular weight excluding hydrogens is 653 g/mol. The highest BCUT2D eigenvalue weighted by atomic mass is 15.1. The van der Waals surface area contributed by atoms with Crippen LogP contribution < -0.4 is 4.90 Å². The number of benzene rings is 10. The zero-order chi connectivity index (χ0) is 35.6. The van der Waals surface area contributed by atoms with Gasteiger partial charge in [0, 0.05) is 33.5 Å². The first-order chi connectivity index (χ1) is 26.8. The van der Waals surface area contributed by atoms with Gasteiger partial charge >= 0.3 is 0 Å². The van der Waals surface area contributed by atoms with Gasteiger partial charge in [-0.25, -0.2) is 0 Å². The van der Waals surface area contributed by atoms with Gasteiger partial charge in [-0.2, -0.15) is 0 Å². The second kappa shape index (κ2) is 12.2. The topological polar surface area (TPSA) is 8.17 Å². The van der Waals surface area contributed by atoms with E-state index in [4.69, 9.17) is 0 Å². The van der Waals surface area contributed by atoms with Crippen molar-refractivity contribution in [2.45, 2.75) is 0 Å². The Morgan fingerprint density at radius 2 is 0.722 bits per heavy atom. The number of hydrogen-bond donors (Lipinski definition) is 0. The van der Waals surface area contributed by atoms with E-state index in [1.54, 1.807) is 0 Å². The van der Waals surface area contributed by atoms with Crippen molar-refractivity contribution in [3.8, 4) is 16.8 Å². The molecule has 2 heteroatoms. The summed E-state index contributed by atoms with van der Waals surface area (Å²) in [5.41, 5.74) is 9.30. The van der Waals surface area contributed by atoms with E-state index in [0.29, 0.717) is 0 Å². The number of nitrogens with zero attached hydrogens (tertiary/aromatic N) is 2. The fourth-order valence-corrected chi connectivity index (χ4v) is 8.51. The van der Waals surface area contributed by atoms with Crippen molar-refractivity contribution in [2.75, 3.05) is 4.90 Å². The minimum absolute atomic E-state index is 1.10. The van der Waals surface area contributed by atoms with Crippen molar-refractivity contribution >= 4 is 82.0 Å². The van der Waals surface area contributed by atoms with Crippen LogP contribution in [0.4, 0.5) is 17.1 Å². The molecule has 0 fully saturated rings. The minimum Gasteiger partial charge on any atom is -0.310 e. The smallest absolute Gasteiger partial charge is 0.0547 e. The van der Waals surface area contributed by atoms with Crippen LogP contribution >= 0.6 is 0 Å². The van der Waals surface area contributed by atoms with Gasteiger partial charge < -0.3 is 9.47 Å². The van der Waals surface area contributed by atoms with Gasteiger partial charge in [-0.1, -0.05) is 140 Å². The predicted octanol–water partition coefficient (Wildman–Crippen LogP) is 14.5. The van der Waals surface area contributed by atoms with Crippen LogP contribution in [0.1, 0.15) is 0 Å². The minimum atomic E-state index is 1.10. The summed E-state index contributed by atoms with van der Waals surface area (Å²) in [6.07, 6.45) is 0. The van der Waals surface area contributed by atoms with Gasteiger partial charge in [-0.05, 0) is 121 Å². The third-order valence-electron chi connectivity index (χ3n) is 11.1. The monoisotopic (exact) mass is 686 g/mol. The Labute approximate surface area is 313 Å². The number of fused-ring (bicyclic) bond motifs is 9. The maximum absolute atomic E-state index is 2.44.